The number of amides is 1. The van der Waals surface area contributed by atoms with Crippen LogP contribution in [-0.2, 0) is 14.4 Å². The van der Waals surface area contributed by atoms with E-state index in [1.54, 1.807) is 39.2 Å². The lowest BCUT2D eigenvalue weighted by Gasteiger charge is -2.37. The second-order valence-corrected chi connectivity index (χ2v) is 8.64. The van der Waals surface area contributed by atoms with Crippen LogP contribution in [0.15, 0.2) is 18.2 Å². The number of rotatable bonds is 9. The molecule has 3 atom stereocenters. The van der Waals surface area contributed by atoms with E-state index in [0.29, 0.717) is 49.4 Å². The number of carbonyl (C=O) groups is 3. The van der Waals surface area contributed by atoms with Crippen molar-refractivity contribution in [2.24, 2.45) is 5.41 Å². The first-order chi connectivity index (χ1) is 14.1. The van der Waals surface area contributed by atoms with E-state index < -0.39 is 35.0 Å². The van der Waals surface area contributed by atoms with E-state index in [1.807, 2.05) is 13.8 Å². The molecule has 2 unspecified atom stereocenters. The number of carbonyl (C=O) groups excluding carboxylic acids is 2. The van der Waals surface area contributed by atoms with Gasteiger partial charge in [-0.25, -0.2) is 14.1 Å². The standard InChI is InChI=1S/C23H33NO6/c1-7-12-24(21(26)20(25)23(3,4)8-2)13-11-16(19(24)22(27)28)17-14-15(29-5)9-10-18(17)30-6/h9-10,14,16,19H,7-8,11-13H2,1-6H3/p+1/t16?,19-,24?/m0/s1. The zero-order valence-electron chi connectivity index (χ0n) is 18.9. The van der Waals surface area contributed by atoms with E-state index in [-0.39, 0.29) is 4.48 Å². The number of ether oxygens (including phenoxy) is 2. The van der Waals surface area contributed by atoms with Gasteiger partial charge in [0.15, 0.2) is 0 Å². The molecular weight excluding hydrogens is 386 g/mol. The molecule has 1 saturated heterocycles. The molecule has 1 heterocycles. The third-order valence-corrected chi connectivity index (χ3v) is 6.56. The van der Waals surface area contributed by atoms with Crippen LogP contribution < -0.4 is 9.47 Å². The Morgan fingerprint density at radius 3 is 2.33 bits per heavy atom. The van der Waals surface area contributed by atoms with Gasteiger partial charge in [-0.1, -0.05) is 27.7 Å². The Bertz CT molecular complexity index is 818. The second kappa shape index (κ2) is 9.16. The number of benzene rings is 1. The van der Waals surface area contributed by atoms with Crippen molar-refractivity contribution in [2.75, 3.05) is 27.3 Å². The first-order valence-corrected chi connectivity index (χ1v) is 10.5. The first-order valence-electron chi connectivity index (χ1n) is 10.5. The molecule has 0 aliphatic carbocycles. The minimum Gasteiger partial charge on any atom is -0.497 e. The van der Waals surface area contributed by atoms with Gasteiger partial charge >= 0.3 is 11.9 Å². The largest absolute Gasteiger partial charge is 0.497 e. The highest BCUT2D eigenvalue weighted by Crippen LogP contribution is 2.45. The average Bonchev–Trinajstić information content (AvgIpc) is 3.12. The van der Waals surface area contributed by atoms with Crippen molar-refractivity contribution < 1.29 is 33.4 Å². The summed E-state index contributed by atoms with van der Waals surface area (Å²) in [7, 11) is 3.07. The van der Waals surface area contributed by atoms with Gasteiger partial charge < -0.3 is 14.6 Å². The van der Waals surface area contributed by atoms with Crippen LogP contribution in [0.2, 0.25) is 0 Å². The molecule has 1 N–H and O–H groups in total. The number of hydrogen-bond acceptors (Lipinski definition) is 5. The average molecular weight is 421 g/mol. The number of carboxylic acids is 1. The molecule has 1 aromatic carbocycles. The summed E-state index contributed by atoms with van der Waals surface area (Å²) >= 11 is 0. The third-order valence-electron chi connectivity index (χ3n) is 6.56. The molecule has 7 heteroatoms. The normalized spacial score (nSPS) is 23.8. The zero-order valence-corrected chi connectivity index (χ0v) is 18.9. The highest BCUT2D eigenvalue weighted by atomic mass is 16.5. The number of quaternary nitrogens is 1. The lowest BCUT2D eigenvalue weighted by Crippen LogP contribution is -2.63. The molecule has 1 fully saturated rings. The van der Waals surface area contributed by atoms with Crippen LogP contribution in [0, 0.1) is 5.41 Å². The van der Waals surface area contributed by atoms with E-state index in [9.17, 15) is 19.5 Å². The van der Waals surface area contributed by atoms with Crippen LogP contribution in [-0.4, -0.2) is 60.6 Å². The Hall–Kier alpha value is -2.41. The Labute approximate surface area is 178 Å². The molecule has 0 bridgehead atoms. The first kappa shape index (κ1) is 23.9. The summed E-state index contributed by atoms with van der Waals surface area (Å²) in [6.07, 6.45) is 1.57. The smallest absolute Gasteiger partial charge is 0.383 e. The van der Waals surface area contributed by atoms with Gasteiger partial charge in [0, 0.05) is 17.4 Å². The number of nitrogens with zero attached hydrogens (tertiary/aromatic N) is 1. The zero-order chi connectivity index (χ0) is 22.7. The summed E-state index contributed by atoms with van der Waals surface area (Å²) in [6.45, 7) is 7.86. The predicted octanol–water partition coefficient (Wildman–Crippen LogP) is 3.40. The van der Waals surface area contributed by atoms with Crippen LogP contribution in [0.25, 0.3) is 0 Å². The van der Waals surface area contributed by atoms with Gasteiger partial charge in [-0.3, -0.25) is 4.79 Å². The van der Waals surface area contributed by atoms with Crippen molar-refractivity contribution >= 4 is 17.7 Å². The summed E-state index contributed by atoms with van der Waals surface area (Å²) < 4.78 is 10.5. The van der Waals surface area contributed by atoms with Gasteiger partial charge in [0.1, 0.15) is 11.5 Å². The van der Waals surface area contributed by atoms with Gasteiger partial charge in [-0.05, 0) is 31.0 Å². The van der Waals surface area contributed by atoms with Crippen molar-refractivity contribution in [3.8, 4) is 11.5 Å². The van der Waals surface area contributed by atoms with Gasteiger partial charge in [0.05, 0.1) is 33.2 Å². The predicted molar refractivity (Wildman–Crippen MR) is 113 cm³/mol. The van der Waals surface area contributed by atoms with Crippen LogP contribution >= 0.6 is 0 Å². The fraction of sp³-hybridized carbons (Fsp3) is 0.609. The summed E-state index contributed by atoms with van der Waals surface area (Å²) in [6, 6.07) is 4.20. The number of aliphatic carboxylic acids is 1. The molecule has 30 heavy (non-hydrogen) atoms. The van der Waals surface area contributed by atoms with E-state index in [2.05, 4.69) is 0 Å². The molecule has 1 amide bonds. The molecule has 1 aliphatic rings. The Kier molecular flexibility index (Phi) is 7.29. The molecular formula is C23H34NO6+. The molecule has 0 aromatic heterocycles. The molecule has 1 aliphatic heterocycles. The minimum atomic E-state index is -1.08. The van der Waals surface area contributed by atoms with E-state index in [0.717, 1.165) is 0 Å². The molecule has 0 spiro atoms. The number of methoxy groups -OCH3 is 2. The lowest BCUT2D eigenvalue weighted by molar-refractivity contribution is -0.855. The second-order valence-electron chi connectivity index (χ2n) is 8.64. The number of ketones is 1. The van der Waals surface area contributed by atoms with Crippen molar-refractivity contribution in [3.63, 3.8) is 0 Å². The molecule has 2 rings (SSSR count). The van der Waals surface area contributed by atoms with Crippen molar-refractivity contribution in [2.45, 2.75) is 58.9 Å². The number of likely N-dealkylation sites (tertiary alicyclic amines) is 1. The molecule has 0 saturated carbocycles. The van der Waals surface area contributed by atoms with Gasteiger partial charge in [-0.2, -0.15) is 0 Å². The molecule has 0 radical (unpaired) electrons. The maximum absolute atomic E-state index is 13.5. The number of hydrogen-bond donors (Lipinski definition) is 1. The third kappa shape index (κ3) is 4.08. The van der Waals surface area contributed by atoms with E-state index in [4.69, 9.17) is 9.47 Å². The summed E-state index contributed by atoms with van der Waals surface area (Å²) in [5.74, 6) is -1.50. The van der Waals surface area contributed by atoms with Crippen LogP contribution in [0.1, 0.15) is 58.4 Å². The van der Waals surface area contributed by atoms with Crippen molar-refractivity contribution in [1.29, 1.82) is 0 Å². The van der Waals surface area contributed by atoms with Gasteiger partial charge in [-0.15, -0.1) is 0 Å². The number of carboxylic acid groups (broad SMARTS) is 1. The lowest BCUT2D eigenvalue weighted by atomic mass is 9.83. The Morgan fingerprint density at radius 1 is 1.17 bits per heavy atom. The number of Topliss-reactive ketones (excluding diaryl/α,β-unsaturated/α-hetero) is 1. The van der Waals surface area contributed by atoms with Crippen LogP contribution in [0.4, 0.5) is 0 Å². The monoisotopic (exact) mass is 420 g/mol. The maximum Gasteiger partial charge on any atom is 0.383 e. The summed E-state index contributed by atoms with van der Waals surface area (Å²) in [5, 5.41) is 10.2. The molecule has 7 nitrogen and oxygen atoms in total. The van der Waals surface area contributed by atoms with Crippen molar-refractivity contribution in [1.82, 2.24) is 0 Å². The van der Waals surface area contributed by atoms with Gasteiger partial charge in [0.25, 0.3) is 5.78 Å². The fourth-order valence-electron chi connectivity index (χ4n) is 4.48. The maximum atomic E-state index is 13.5. The quantitative estimate of drug-likeness (QED) is 0.486. The Balaban J connectivity index is 2.61. The van der Waals surface area contributed by atoms with Crippen LogP contribution in [0.3, 0.4) is 0 Å². The topological polar surface area (TPSA) is 89.9 Å². The van der Waals surface area contributed by atoms with Crippen molar-refractivity contribution in [3.05, 3.63) is 23.8 Å². The summed E-state index contributed by atoms with van der Waals surface area (Å²) in [5.41, 5.74) is -0.138. The summed E-state index contributed by atoms with van der Waals surface area (Å²) in [4.78, 5) is 39.2. The molecule has 166 valence electrons. The van der Waals surface area contributed by atoms with E-state index >= 15 is 0 Å². The van der Waals surface area contributed by atoms with Crippen LogP contribution in [0.5, 0.6) is 11.5 Å². The highest BCUT2D eigenvalue weighted by Gasteiger charge is 2.60. The van der Waals surface area contributed by atoms with E-state index in [1.165, 1.54) is 7.11 Å². The Morgan fingerprint density at radius 2 is 1.83 bits per heavy atom. The SMILES string of the molecule is CCC[N+]1(C(=O)C(=O)C(C)(C)CC)CCC(c2cc(OC)ccc2OC)[C@H]1C(=O)O. The highest BCUT2D eigenvalue weighted by molar-refractivity contribution is 6.35. The fourth-order valence-corrected chi connectivity index (χ4v) is 4.48. The minimum absolute atomic E-state index is 0.306. The molecule has 1 aromatic rings. The van der Waals surface area contributed by atoms with Gasteiger partial charge in [0.2, 0.25) is 6.04 Å².